The van der Waals surface area contributed by atoms with Gasteiger partial charge < -0.3 is 14.4 Å². The number of hydrogen-bond donors (Lipinski definition) is 0. The molecule has 0 fully saturated rings. The average Bonchev–Trinajstić information content (AvgIpc) is 3.13. The Morgan fingerprint density at radius 2 is 1.48 bits per heavy atom. The Labute approximate surface area is 178 Å². The Morgan fingerprint density at radius 3 is 2.13 bits per heavy atom. The van der Waals surface area contributed by atoms with Gasteiger partial charge in [-0.2, -0.15) is 0 Å². The summed E-state index contributed by atoms with van der Waals surface area (Å²) in [7, 11) is 2.36. The normalized spacial score (nSPS) is 17.4. The van der Waals surface area contributed by atoms with E-state index in [-0.39, 0.29) is 5.70 Å². The first kappa shape index (κ1) is 20.1. The fourth-order valence-electron chi connectivity index (χ4n) is 3.82. The van der Waals surface area contributed by atoms with Gasteiger partial charge in [-0.1, -0.05) is 42.5 Å². The van der Waals surface area contributed by atoms with Crippen LogP contribution in [0.3, 0.4) is 0 Å². The molecule has 0 N–H and O–H groups in total. The van der Waals surface area contributed by atoms with E-state index in [0.29, 0.717) is 11.3 Å². The van der Waals surface area contributed by atoms with Gasteiger partial charge in [-0.3, -0.25) is 9.59 Å². The van der Waals surface area contributed by atoms with Crippen LogP contribution in [0.25, 0.3) is 11.1 Å². The first-order valence-electron chi connectivity index (χ1n) is 9.38. The van der Waals surface area contributed by atoms with Crippen LogP contribution < -0.4 is 4.90 Å². The second kappa shape index (κ2) is 7.91. The third-order valence-electron chi connectivity index (χ3n) is 5.14. The molecule has 2 aliphatic rings. The molecule has 8 heteroatoms. The number of rotatable bonds is 4. The Bertz CT molecular complexity index is 1150. The highest BCUT2D eigenvalue weighted by molar-refractivity contribution is 6.14. The molecule has 2 aliphatic heterocycles. The van der Waals surface area contributed by atoms with Gasteiger partial charge in [-0.05, 0) is 11.6 Å². The highest BCUT2D eigenvalue weighted by Gasteiger charge is 2.43. The maximum absolute atomic E-state index is 12.8. The lowest BCUT2D eigenvalue weighted by Crippen LogP contribution is -2.47. The molecule has 31 heavy (non-hydrogen) atoms. The molecule has 0 aromatic heterocycles. The zero-order valence-corrected chi connectivity index (χ0v) is 16.8. The highest BCUT2D eigenvalue weighted by atomic mass is 16.5. The van der Waals surface area contributed by atoms with Gasteiger partial charge in [0.1, 0.15) is 11.9 Å². The van der Waals surface area contributed by atoms with Crippen LogP contribution in [0.1, 0.15) is 11.7 Å². The van der Waals surface area contributed by atoms with E-state index in [1.807, 2.05) is 24.3 Å². The minimum Gasteiger partial charge on any atom is -0.466 e. The van der Waals surface area contributed by atoms with Crippen LogP contribution in [0.4, 0.5) is 5.69 Å². The quantitative estimate of drug-likeness (QED) is 0.427. The predicted octanol–water partition coefficient (Wildman–Crippen LogP) is 2.33. The summed E-state index contributed by atoms with van der Waals surface area (Å²) in [5, 5.41) is 0. The molecular formula is C23H18N2O6. The number of nitrogens with zero attached hydrogens (tertiary/aromatic N) is 2. The second-order valence-electron chi connectivity index (χ2n) is 6.77. The first-order valence-corrected chi connectivity index (χ1v) is 9.38. The van der Waals surface area contributed by atoms with E-state index < -0.39 is 29.9 Å². The van der Waals surface area contributed by atoms with E-state index in [4.69, 9.17) is 9.47 Å². The van der Waals surface area contributed by atoms with E-state index in [1.165, 1.54) is 31.3 Å². The standard InChI is InChI=1S/C23H18N2O6/c1-30-21(28)13-18(23(29)31-2)24-17-10-6-5-8-15(17)14-7-3-4-9-16(14)22(24)25-19(26)11-12-20(25)27/h3-13,22H,1-2H3/b18-13-. The number of carbonyl (C=O) groups excluding carboxylic acids is 4. The number of amides is 2. The summed E-state index contributed by atoms with van der Waals surface area (Å²) >= 11 is 0. The minimum atomic E-state index is -1.02. The van der Waals surface area contributed by atoms with E-state index in [1.54, 1.807) is 24.3 Å². The van der Waals surface area contributed by atoms with Crippen LogP contribution in [0.2, 0.25) is 0 Å². The lowest BCUT2D eigenvalue weighted by molar-refractivity contribution is -0.141. The smallest absolute Gasteiger partial charge is 0.355 e. The van der Waals surface area contributed by atoms with E-state index in [2.05, 4.69) is 0 Å². The lowest BCUT2D eigenvalue weighted by atomic mass is 9.90. The molecule has 0 aliphatic carbocycles. The van der Waals surface area contributed by atoms with Crippen LogP contribution in [-0.4, -0.2) is 42.9 Å². The number of carbonyl (C=O) groups is 4. The summed E-state index contributed by atoms with van der Waals surface area (Å²) in [5.74, 6) is -2.67. The Morgan fingerprint density at radius 1 is 0.871 bits per heavy atom. The van der Waals surface area contributed by atoms with Crippen LogP contribution >= 0.6 is 0 Å². The summed E-state index contributed by atoms with van der Waals surface area (Å²) in [6.07, 6.45) is 2.31. The molecule has 156 valence electrons. The van der Waals surface area contributed by atoms with Crippen molar-refractivity contribution >= 4 is 29.4 Å². The maximum atomic E-state index is 12.8. The van der Waals surface area contributed by atoms with Crippen LogP contribution in [0, 0.1) is 0 Å². The summed E-state index contributed by atoms with van der Waals surface area (Å²) < 4.78 is 9.63. The van der Waals surface area contributed by atoms with Crippen molar-refractivity contribution < 1.29 is 28.7 Å². The number of ether oxygens (including phenoxy) is 2. The fraction of sp³-hybridized carbons (Fsp3) is 0.130. The van der Waals surface area contributed by atoms with Gasteiger partial charge in [0.15, 0.2) is 0 Å². The minimum absolute atomic E-state index is 0.172. The van der Waals surface area contributed by atoms with Crippen LogP contribution in [0.5, 0.6) is 0 Å². The summed E-state index contributed by atoms with van der Waals surface area (Å²) in [6, 6.07) is 14.5. The number of esters is 2. The van der Waals surface area contributed by atoms with Gasteiger partial charge in [0.05, 0.1) is 26.0 Å². The number of fused-ring (bicyclic) bond motifs is 3. The second-order valence-corrected chi connectivity index (χ2v) is 6.77. The van der Waals surface area contributed by atoms with Gasteiger partial charge in [-0.25, -0.2) is 14.5 Å². The van der Waals surface area contributed by atoms with Crippen molar-refractivity contribution in [3.63, 3.8) is 0 Å². The molecule has 0 saturated carbocycles. The summed E-state index contributed by atoms with van der Waals surface area (Å²) in [5.41, 5.74) is 2.54. The third-order valence-corrected chi connectivity index (χ3v) is 5.14. The molecule has 2 amide bonds. The van der Waals surface area contributed by atoms with Crippen molar-refractivity contribution in [3.05, 3.63) is 78.0 Å². The predicted molar refractivity (Wildman–Crippen MR) is 110 cm³/mol. The topological polar surface area (TPSA) is 93.2 Å². The lowest BCUT2D eigenvalue weighted by Gasteiger charge is -2.43. The zero-order valence-electron chi connectivity index (χ0n) is 16.8. The van der Waals surface area contributed by atoms with E-state index in [0.717, 1.165) is 22.1 Å². The van der Waals surface area contributed by atoms with Crippen molar-refractivity contribution in [2.45, 2.75) is 6.17 Å². The van der Waals surface area contributed by atoms with Gasteiger partial charge >= 0.3 is 11.9 Å². The number of anilines is 1. The monoisotopic (exact) mass is 418 g/mol. The number of para-hydroxylation sites is 1. The molecule has 2 aromatic rings. The molecule has 8 nitrogen and oxygen atoms in total. The Hall–Kier alpha value is -4.20. The largest absolute Gasteiger partial charge is 0.466 e. The number of imide groups is 1. The van der Waals surface area contributed by atoms with Crippen LogP contribution in [0.15, 0.2) is 72.5 Å². The van der Waals surface area contributed by atoms with Gasteiger partial charge in [0.2, 0.25) is 0 Å². The molecule has 0 spiro atoms. The van der Waals surface area contributed by atoms with Gasteiger partial charge in [-0.15, -0.1) is 0 Å². The molecule has 1 unspecified atom stereocenters. The van der Waals surface area contributed by atoms with Crippen molar-refractivity contribution in [2.24, 2.45) is 0 Å². The van der Waals surface area contributed by atoms with Crippen molar-refractivity contribution in [1.82, 2.24) is 4.90 Å². The first-order chi connectivity index (χ1) is 15.0. The molecule has 0 radical (unpaired) electrons. The Kier molecular flexibility index (Phi) is 5.12. The maximum Gasteiger partial charge on any atom is 0.355 e. The number of methoxy groups -OCH3 is 2. The SMILES string of the molecule is COC(=O)/C=C(/C(=O)OC)N1c2ccccc2-c2ccccc2C1N1C(=O)C=CC1=O. The van der Waals surface area contributed by atoms with E-state index >= 15 is 0 Å². The molecule has 2 heterocycles. The summed E-state index contributed by atoms with van der Waals surface area (Å²) in [4.78, 5) is 52.7. The number of hydrogen-bond acceptors (Lipinski definition) is 7. The van der Waals surface area contributed by atoms with Gasteiger partial charge in [0, 0.05) is 23.3 Å². The molecule has 1 atom stereocenters. The molecule has 2 aromatic carbocycles. The fourth-order valence-corrected chi connectivity index (χ4v) is 3.82. The highest BCUT2D eigenvalue weighted by Crippen LogP contribution is 2.48. The summed E-state index contributed by atoms with van der Waals surface area (Å²) in [6.45, 7) is 0. The molecule has 4 rings (SSSR count). The number of benzene rings is 2. The van der Waals surface area contributed by atoms with Crippen molar-refractivity contribution in [2.75, 3.05) is 19.1 Å². The molecule has 0 bridgehead atoms. The van der Waals surface area contributed by atoms with E-state index in [9.17, 15) is 19.2 Å². The van der Waals surface area contributed by atoms with Gasteiger partial charge in [0.25, 0.3) is 11.8 Å². The van der Waals surface area contributed by atoms with Crippen LogP contribution in [-0.2, 0) is 28.7 Å². The average molecular weight is 418 g/mol. The van der Waals surface area contributed by atoms with Crippen molar-refractivity contribution in [1.29, 1.82) is 0 Å². The third kappa shape index (κ3) is 3.28. The molecular weight excluding hydrogens is 400 g/mol. The molecule has 0 saturated heterocycles. The van der Waals surface area contributed by atoms with Crippen molar-refractivity contribution in [3.8, 4) is 11.1 Å². The zero-order chi connectivity index (χ0) is 22.1. The Balaban J connectivity index is 2.03.